The highest BCUT2D eigenvalue weighted by Crippen LogP contribution is 2.37. The van der Waals surface area contributed by atoms with Gasteiger partial charge in [0.15, 0.2) is 0 Å². The molecular formula is C14H12Cl2N2O2. The molecule has 104 valence electrons. The maximum atomic E-state index is 12.3. The SMILES string of the molecule is O=C(Nc1ccc(O)cc1Cl)c1cc(Cl)cn1C1CC1. The van der Waals surface area contributed by atoms with Crippen molar-refractivity contribution in [2.75, 3.05) is 5.32 Å². The van der Waals surface area contributed by atoms with Gasteiger partial charge in [0, 0.05) is 18.3 Å². The number of hydrogen-bond donors (Lipinski definition) is 2. The Bertz CT molecular complexity index is 678. The number of anilines is 1. The molecule has 2 N–H and O–H groups in total. The number of amides is 1. The van der Waals surface area contributed by atoms with Gasteiger partial charge in [0.2, 0.25) is 0 Å². The van der Waals surface area contributed by atoms with Crippen molar-refractivity contribution in [3.63, 3.8) is 0 Å². The Morgan fingerprint density at radius 1 is 1.30 bits per heavy atom. The van der Waals surface area contributed by atoms with Crippen LogP contribution in [0.15, 0.2) is 30.5 Å². The van der Waals surface area contributed by atoms with E-state index in [2.05, 4.69) is 5.32 Å². The van der Waals surface area contributed by atoms with Crippen LogP contribution in [0.4, 0.5) is 5.69 Å². The molecule has 6 heteroatoms. The molecule has 0 atom stereocenters. The van der Waals surface area contributed by atoms with E-state index < -0.39 is 0 Å². The van der Waals surface area contributed by atoms with Crippen molar-refractivity contribution in [3.05, 3.63) is 46.2 Å². The van der Waals surface area contributed by atoms with Gasteiger partial charge < -0.3 is 15.0 Å². The van der Waals surface area contributed by atoms with E-state index in [1.165, 1.54) is 12.1 Å². The molecule has 1 aromatic heterocycles. The second-order valence-electron chi connectivity index (χ2n) is 4.80. The number of rotatable bonds is 3. The Hall–Kier alpha value is -1.65. The van der Waals surface area contributed by atoms with Crippen LogP contribution in [0.2, 0.25) is 10.0 Å². The van der Waals surface area contributed by atoms with Crippen LogP contribution in [-0.2, 0) is 0 Å². The maximum absolute atomic E-state index is 12.3. The molecule has 0 spiro atoms. The zero-order chi connectivity index (χ0) is 14.3. The monoisotopic (exact) mass is 310 g/mol. The number of aromatic nitrogens is 1. The molecule has 0 radical (unpaired) electrons. The summed E-state index contributed by atoms with van der Waals surface area (Å²) in [6, 6.07) is 6.40. The molecule has 1 amide bonds. The molecule has 1 aliphatic rings. The first kappa shape index (κ1) is 13.3. The number of nitrogens with zero attached hydrogens (tertiary/aromatic N) is 1. The van der Waals surface area contributed by atoms with Gasteiger partial charge in [0.25, 0.3) is 5.91 Å². The van der Waals surface area contributed by atoms with Gasteiger partial charge in [0.05, 0.1) is 15.7 Å². The third-order valence-electron chi connectivity index (χ3n) is 3.19. The summed E-state index contributed by atoms with van der Waals surface area (Å²) in [6.07, 6.45) is 3.89. The first-order chi connectivity index (χ1) is 9.54. The minimum Gasteiger partial charge on any atom is -0.508 e. The molecule has 4 nitrogen and oxygen atoms in total. The van der Waals surface area contributed by atoms with Crippen molar-refractivity contribution >= 4 is 34.8 Å². The first-order valence-corrected chi connectivity index (χ1v) is 6.97. The van der Waals surface area contributed by atoms with Crippen LogP contribution < -0.4 is 5.32 Å². The van der Waals surface area contributed by atoms with E-state index in [0.29, 0.717) is 22.4 Å². The Morgan fingerprint density at radius 3 is 2.70 bits per heavy atom. The summed E-state index contributed by atoms with van der Waals surface area (Å²) in [5, 5.41) is 12.9. The number of phenols is 1. The number of halogens is 2. The fourth-order valence-electron chi connectivity index (χ4n) is 2.07. The summed E-state index contributed by atoms with van der Waals surface area (Å²) in [7, 11) is 0. The topological polar surface area (TPSA) is 54.3 Å². The Morgan fingerprint density at radius 2 is 2.05 bits per heavy atom. The molecule has 3 rings (SSSR count). The highest BCUT2D eigenvalue weighted by Gasteiger charge is 2.28. The van der Waals surface area contributed by atoms with Crippen molar-refractivity contribution in [1.29, 1.82) is 0 Å². The molecular weight excluding hydrogens is 299 g/mol. The molecule has 20 heavy (non-hydrogen) atoms. The highest BCUT2D eigenvalue weighted by molar-refractivity contribution is 6.34. The Balaban J connectivity index is 1.86. The summed E-state index contributed by atoms with van der Waals surface area (Å²) in [5.74, 6) is -0.214. The zero-order valence-corrected chi connectivity index (χ0v) is 11.9. The molecule has 1 saturated carbocycles. The Labute approximate surface area is 125 Å². The summed E-state index contributed by atoms with van der Waals surface area (Å²) in [6.45, 7) is 0. The standard InChI is InChI=1S/C14H12Cl2N2O2/c15-8-5-13(18(7-8)9-1-2-9)14(20)17-12-4-3-10(19)6-11(12)16/h3-7,9,19H,1-2H2,(H,17,20). The van der Waals surface area contributed by atoms with E-state index in [1.54, 1.807) is 18.3 Å². The smallest absolute Gasteiger partial charge is 0.272 e. The summed E-state index contributed by atoms with van der Waals surface area (Å²) < 4.78 is 1.89. The lowest BCUT2D eigenvalue weighted by atomic mass is 10.3. The number of hydrogen-bond acceptors (Lipinski definition) is 2. The van der Waals surface area contributed by atoms with Gasteiger partial charge in [-0.2, -0.15) is 0 Å². The molecule has 0 unspecified atom stereocenters. The summed E-state index contributed by atoms with van der Waals surface area (Å²) in [5.41, 5.74) is 0.968. The number of nitrogens with one attached hydrogen (secondary N) is 1. The van der Waals surface area contributed by atoms with Gasteiger partial charge in [-0.3, -0.25) is 4.79 Å². The molecule has 1 fully saturated rings. The van der Waals surface area contributed by atoms with Crippen LogP contribution >= 0.6 is 23.2 Å². The largest absolute Gasteiger partial charge is 0.508 e. The predicted octanol–water partition coefficient (Wildman–Crippen LogP) is 4.09. The minimum absolute atomic E-state index is 0.0531. The van der Waals surface area contributed by atoms with Crippen molar-refractivity contribution in [3.8, 4) is 5.75 Å². The number of carbonyl (C=O) groups excluding carboxylic acids is 1. The number of benzene rings is 1. The average molecular weight is 311 g/mol. The van der Waals surface area contributed by atoms with Gasteiger partial charge in [-0.05, 0) is 31.0 Å². The highest BCUT2D eigenvalue weighted by atomic mass is 35.5. The lowest BCUT2D eigenvalue weighted by Gasteiger charge is -2.10. The third-order valence-corrected chi connectivity index (χ3v) is 3.71. The second kappa shape index (κ2) is 5.04. The van der Waals surface area contributed by atoms with Gasteiger partial charge in [-0.25, -0.2) is 0 Å². The van der Waals surface area contributed by atoms with Crippen LogP contribution in [0.1, 0.15) is 29.4 Å². The number of aromatic hydroxyl groups is 1. The lowest BCUT2D eigenvalue weighted by Crippen LogP contribution is -2.16. The number of carbonyl (C=O) groups is 1. The van der Waals surface area contributed by atoms with Crippen LogP contribution in [0.3, 0.4) is 0 Å². The lowest BCUT2D eigenvalue weighted by molar-refractivity contribution is 0.101. The van der Waals surface area contributed by atoms with E-state index in [-0.39, 0.29) is 16.7 Å². The van der Waals surface area contributed by atoms with Crippen LogP contribution in [0.25, 0.3) is 0 Å². The van der Waals surface area contributed by atoms with Gasteiger partial charge in [-0.15, -0.1) is 0 Å². The van der Waals surface area contributed by atoms with Gasteiger partial charge in [-0.1, -0.05) is 23.2 Å². The summed E-state index contributed by atoms with van der Waals surface area (Å²) in [4.78, 5) is 12.3. The van der Waals surface area contributed by atoms with Gasteiger partial charge >= 0.3 is 0 Å². The van der Waals surface area contributed by atoms with E-state index in [1.807, 2.05) is 4.57 Å². The molecule has 1 aromatic carbocycles. The van der Waals surface area contributed by atoms with E-state index >= 15 is 0 Å². The normalized spacial score (nSPS) is 14.3. The average Bonchev–Trinajstić information content (AvgIpc) is 3.16. The van der Waals surface area contributed by atoms with Crippen LogP contribution in [-0.4, -0.2) is 15.6 Å². The van der Waals surface area contributed by atoms with Crippen LogP contribution in [0, 0.1) is 0 Å². The quantitative estimate of drug-likeness (QED) is 0.839. The maximum Gasteiger partial charge on any atom is 0.272 e. The van der Waals surface area contributed by atoms with Crippen molar-refractivity contribution in [2.24, 2.45) is 0 Å². The molecule has 0 bridgehead atoms. The second-order valence-corrected chi connectivity index (χ2v) is 5.64. The zero-order valence-electron chi connectivity index (χ0n) is 10.4. The third kappa shape index (κ3) is 2.62. The molecule has 1 aliphatic carbocycles. The minimum atomic E-state index is -0.267. The van der Waals surface area contributed by atoms with E-state index in [9.17, 15) is 9.90 Å². The van der Waals surface area contributed by atoms with Crippen molar-refractivity contribution in [2.45, 2.75) is 18.9 Å². The molecule has 1 heterocycles. The van der Waals surface area contributed by atoms with Gasteiger partial charge in [0.1, 0.15) is 11.4 Å². The fraction of sp³-hybridized carbons (Fsp3) is 0.214. The van der Waals surface area contributed by atoms with Crippen molar-refractivity contribution in [1.82, 2.24) is 4.57 Å². The predicted molar refractivity (Wildman–Crippen MR) is 78.8 cm³/mol. The van der Waals surface area contributed by atoms with Crippen LogP contribution in [0.5, 0.6) is 5.75 Å². The molecule has 2 aromatic rings. The fourth-order valence-corrected chi connectivity index (χ4v) is 2.50. The Kier molecular flexibility index (Phi) is 3.36. The molecule has 0 aliphatic heterocycles. The first-order valence-electron chi connectivity index (χ1n) is 6.22. The van der Waals surface area contributed by atoms with E-state index in [4.69, 9.17) is 23.2 Å². The number of phenolic OH excluding ortho intramolecular Hbond substituents is 1. The molecule has 0 saturated heterocycles. The summed E-state index contributed by atoms with van der Waals surface area (Å²) >= 11 is 11.9. The van der Waals surface area contributed by atoms with E-state index in [0.717, 1.165) is 12.8 Å². The van der Waals surface area contributed by atoms with Crippen molar-refractivity contribution < 1.29 is 9.90 Å².